The number of hydrogen-bond acceptors (Lipinski definition) is 2. The minimum Gasteiger partial charge on any atom is -0.192 e. The smallest absolute Gasteiger partial charge is 0.101 e. The van der Waals surface area contributed by atoms with Gasteiger partial charge in [0, 0.05) is 5.25 Å². The van der Waals surface area contributed by atoms with E-state index in [0.29, 0.717) is 10.6 Å². The lowest BCUT2D eigenvalue weighted by molar-refractivity contribution is 1.11. The predicted octanol–water partition coefficient (Wildman–Crippen LogP) is 3.20. The second kappa shape index (κ2) is 3.84. The van der Waals surface area contributed by atoms with Crippen LogP contribution in [-0.4, -0.2) is 0 Å². The Kier molecular flexibility index (Phi) is 3.02. The molecule has 1 aromatic rings. The maximum absolute atomic E-state index is 8.59. The third-order valence-corrected chi connectivity index (χ3v) is 2.21. The van der Waals surface area contributed by atoms with Crippen molar-refractivity contribution in [3.8, 4) is 6.07 Å². The molecule has 62 valence electrons. The topological polar surface area (TPSA) is 23.8 Å². The fourth-order valence-electron chi connectivity index (χ4n) is 0.882. The summed E-state index contributed by atoms with van der Waals surface area (Å²) in [4.78, 5) is 0. The molecular formula is C9H8ClNS. The van der Waals surface area contributed by atoms with E-state index in [1.807, 2.05) is 19.1 Å². The van der Waals surface area contributed by atoms with E-state index < -0.39 is 0 Å². The first-order valence-electron chi connectivity index (χ1n) is 3.52. The molecule has 0 amide bonds. The van der Waals surface area contributed by atoms with Crippen LogP contribution in [0.25, 0.3) is 0 Å². The lowest BCUT2D eigenvalue weighted by Crippen LogP contribution is -1.85. The molecule has 1 nitrogen and oxygen atoms in total. The van der Waals surface area contributed by atoms with Crippen LogP contribution in [0.4, 0.5) is 0 Å². The Hall–Kier alpha value is -0.650. The van der Waals surface area contributed by atoms with Crippen molar-refractivity contribution in [2.24, 2.45) is 0 Å². The number of rotatable bonds is 1. The van der Waals surface area contributed by atoms with E-state index in [-0.39, 0.29) is 5.25 Å². The number of halogens is 1. The van der Waals surface area contributed by atoms with Gasteiger partial charge in [0.05, 0.1) is 10.6 Å². The van der Waals surface area contributed by atoms with E-state index >= 15 is 0 Å². The summed E-state index contributed by atoms with van der Waals surface area (Å²) < 4.78 is 0. The van der Waals surface area contributed by atoms with Crippen LogP contribution in [0, 0.1) is 11.3 Å². The monoisotopic (exact) mass is 197 g/mol. The van der Waals surface area contributed by atoms with Gasteiger partial charge in [0.1, 0.15) is 6.07 Å². The first-order valence-corrected chi connectivity index (χ1v) is 4.42. The number of nitriles is 1. The van der Waals surface area contributed by atoms with Crippen LogP contribution in [0.5, 0.6) is 0 Å². The summed E-state index contributed by atoms with van der Waals surface area (Å²) in [6.07, 6.45) is 0. The van der Waals surface area contributed by atoms with Crippen molar-refractivity contribution in [1.82, 2.24) is 0 Å². The summed E-state index contributed by atoms with van der Waals surface area (Å²) in [6.45, 7) is 1.96. The van der Waals surface area contributed by atoms with Gasteiger partial charge in [0.2, 0.25) is 0 Å². The molecule has 0 heterocycles. The molecule has 1 rings (SSSR count). The highest BCUT2D eigenvalue weighted by molar-refractivity contribution is 7.80. The summed E-state index contributed by atoms with van der Waals surface area (Å²) in [5.41, 5.74) is 1.54. The maximum Gasteiger partial charge on any atom is 0.101 e. The molecule has 1 unspecified atom stereocenters. The molecule has 0 fully saturated rings. The highest BCUT2D eigenvalue weighted by Crippen LogP contribution is 2.24. The fourth-order valence-corrected chi connectivity index (χ4v) is 1.27. The van der Waals surface area contributed by atoms with Crippen LogP contribution in [0.2, 0.25) is 5.02 Å². The molecule has 3 heteroatoms. The fraction of sp³-hybridized carbons (Fsp3) is 0.222. The highest BCUT2D eigenvalue weighted by atomic mass is 35.5. The standard InChI is InChI=1S/C9H8ClNS/c1-6(12)7-2-3-8(5-11)9(10)4-7/h2-4,6,12H,1H3. The van der Waals surface area contributed by atoms with E-state index in [2.05, 4.69) is 12.6 Å². The van der Waals surface area contributed by atoms with Gasteiger partial charge in [-0.2, -0.15) is 17.9 Å². The van der Waals surface area contributed by atoms with Crippen LogP contribution in [0.1, 0.15) is 23.3 Å². The Bertz CT molecular complexity index is 328. The first kappa shape index (κ1) is 9.44. The average molecular weight is 198 g/mol. The van der Waals surface area contributed by atoms with Gasteiger partial charge in [-0.1, -0.05) is 17.7 Å². The molecular weight excluding hydrogens is 190 g/mol. The summed E-state index contributed by atoms with van der Waals surface area (Å²) in [7, 11) is 0. The van der Waals surface area contributed by atoms with Crippen LogP contribution >= 0.6 is 24.2 Å². The lowest BCUT2D eigenvalue weighted by Gasteiger charge is -2.04. The zero-order valence-electron chi connectivity index (χ0n) is 6.58. The minimum absolute atomic E-state index is 0.148. The first-order chi connectivity index (χ1) is 5.65. The van der Waals surface area contributed by atoms with Gasteiger partial charge in [-0.25, -0.2) is 0 Å². The maximum atomic E-state index is 8.59. The van der Waals surface area contributed by atoms with Crippen molar-refractivity contribution in [2.45, 2.75) is 12.2 Å². The molecule has 1 aromatic carbocycles. The highest BCUT2D eigenvalue weighted by Gasteiger charge is 2.03. The molecule has 0 aliphatic heterocycles. The van der Waals surface area contributed by atoms with Crippen molar-refractivity contribution in [1.29, 1.82) is 5.26 Å². The zero-order valence-corrected chi connectivity index (χ0v) is 8.23. The third kappa shape index (κ3) is 1.94. The summed E-state index contributed by atoms with van der Waals surface area (Å²) >= 11 is 10.1. The second-order valence-electron chi connectivity index (χ2n) is 2.53. The summed E-state index contributed by atoms with van der Waals surface area (Å²) in [5, 5.41) is 9.24. The quantitative estimate of drug-likeness (QED) is 0.687. The lowest BCUT2D eigenvalue weighted by atomic mass is 10.1. The minimum atomic E-state index is 0.148. The summed E-state index contributed by atoms with van der Waals surface area (Å²) in [5.74, 6) is 0. The molecule has 0 aromatic heterocycles. The third-order valence-electron chi connectivity index (χ3n) is 1.60. The summed E-state index contributed by atoms with van der Waals surface area (Å²) in [6, 6.07) is 7.36. The number of nitrogens with zero attached hydrogens (tertiary/aromatic N) is 1. The van der Waals surface area contributed by atoms with Gasteiger partial charge in [0.15, 0.2) is 0 Å². The molecule has 1 atom stereocenters. The Morgan fingerprint density at radius 3 is 2.67 bits per heavy atom. The van der Waals surface area contributed by atoms with Crippen LogP contribution in [0.15, 0.2) is 18.2 Å². The predicted molar refractivity (Wildman–Crippen MR) is 53.6 cm³/mol. The molecule has 0 aliphatic rings. The largest absolute Gasteiger partial charge is 0.192 e. The van der Waals surface area contributed by atoms with Gasteiger partial charge in [-0.3, -0.25) is 0 Å². The van der Waals surface area contributed by atoms with E-state index in [0.717, 1.165) is 5.56 Å². The Balaban J connectivity index is 3.12. The van der Waals surface area contributed by atoms with Crippen molar-refractivity contribution in [2.75, 3.05) is 0 Å². The molecule has 0 aliphatic carbocycles. The number of thiol groups is 1. The molecule has 0 bridgehead atoms. The van der Waals surface area contributed by atoms with E-state index in [1.165, 1.54) is 0 Å². The van der Waals surface area contributed by atoms with Crippen LogP contribution in [-0.2, 0) is 0 Å². The molecule has 0 saturated heterocycles. The second-order valence-corrected chi connectivity index (χ2v) is 3.71. The molecule has 0 spiro atoms. The van der Waals surface area contributed by atoms with Gasteiger partial charge in [-0.05, 0) is 24.6 Å². The molecule has 0 saturated carbocycles. The van der Waals surface area contributed by atoms with Crippen molar-refractivity contribution >= 4 is 24.2 Å². The van der Waals surface area contributed by atoms with Gasteiger partial charge >= 0.3 is 0 Å². The number of hydrogen-bond donors (Lipinski definition) is 1. The Labute approximate surface area is 82.4 Å². The van der Waals surface area contributed by atoms with Gasteiger partial charge < -0.3 is 0 Å². The molecule has 0 N–H and O–H groups in total. The van der Waals surface area contributed by atoms with Crippen LogP contribution < -0.4 is 0 Å². The van der Waals surface area contributed by atoms with Gasteiger partial charge in [-0.15, -0.1) is 0 Å². The van der Waals surface area contributed by atoms with E-state index in [9.17, 15) is 0 Å². The average Bonchev–Trinajstić information content (AvgIpc) is 2.04. The zero-order chi connectivity index (χ0) is 9.14. The van der Waals surface area contributed by atoms with E-state index in [1.54, 1.807) is 12.1 Å². The van der Waals surface area contributed by atoms with E-state index in [4.69, 9.17) is 16.9 Å². The van der Waals surface area contributed by atoms with Crippen molar-refractivity contribution < 1.29 is 0 Å². The van der Waals surface area contributed by atoms with Gasteiger partial charge in [0.25, 0.3) is 0 Å². The normalized spacial score (nSPS) is 12.2. The molecule has 12 heavy (non-hydrogen) atoms. The van der Waals surface area contributed by atoms with Crippen LogP contribution in [0.3, 0.4) is 0 Å². The Morgan fingerprint density at radius 2 is 2.25 bits per heavy atom. The Morgan fingerprint density at radius 1 is 1.58 bits per heavy atom. The van der Waals surface area contributed by atoms with Crippen molar-refractivity contribution in [3.63, 3.8) is 0 Å². The van der Waals surface area contributed by atoms with Crippen molar-refractivity contribution in [3.05, 3.63) is 34.3 Å². The molecule has 0 radical (unpaired) electrons. The SMILES string of the molecule is CC(S)c1ccc(C#N)c(Cl)c1. The number of benzene rings is 1.